The smallest absolute Gasteiger partial charge is 1.00 e. The van der Waals surface area contributed by atoms with E-state index in [1.165, 1.54) is 61.3 Å². The molecule has 0 radical (unpaired) electrons. The van der Waals surface area contributed by atoms with Gasteiger partial charge in [-0.1, -0.05) is 0 Å². The summed E-state index contributed by atoms with van der Waals surface area (Å²) < 4.78 is 2.56. The van der Waals surface area contributed by atoms with Crippen molar-refractivity contribution in [1.29, 1.82) is 0 Å². The summed E-state index contributed by atoms with van der Waals surface area (Å²) >= 11 is 0. The van der Waals surface area contributed by atoms with Gasteiger partial charge in [-0.2, -0.15) is 0 Å². The fourth-order valence-electron chi connectivity index (χ4n) is 2.68. The van der Waals surface area contributed by atoms with E-state index >= 15 is 0 Å². The third-order valence-electron chi connectivity index (χ3n) is 5.37. The van der Waals surface area contributed by atoms with E-state index in [1.54, 1.807) is 0 Å². The molecule has 0 aliphatic heterocycles. The molecule has 0 fully saturated rings. The number of quaternary nitrogens is 2. The van der Waals surface area contributed by atoms with Crippen LogP contribution in [-0.2, 0) is 16.5 Å². The first kappa shape index (κ1) is 44.2. The van der Waals surface area contributed by atoms with Gasteiger partial charge in [0.15, 0.2) is 0 Å². The maximum absolute atomic E-state index is 2.27. The second kappa shape index (κ2) is 25.8. The van der Waals surface area contributed by atoms with E-state index in [-0.39, 0.29) is 66.1 Å². The van der Waals surface area contributed by atoms with Gasteiger partial charge in [0.2, 0.25) is 0 Å². The molecule has 7 heteroatoms. The van der Waals surface area contributed by atoms with Crippen LogP contribution in [0.5, 0.6) is 0 Å². The van der Waals surface area contributed by atoms with Gasteiger partial charge in [0.25, 0.3) is 0 Å². The van der Waals surface area contributed by atoms with Crippen molar-refractivity contribution in [3.63, 3.8) is 0 Å². The van der Waals surface area contributed by atoms with Gasteiger partial charge in [-0.05, 0) is 55.4 Å². The van der Waals surface area contributed by atoms with E-state index in [9.17, 15) is 0 Å². The zero-order chi connectivity index (χ0) is 14.7. The molecule has 0 N–H and O–H groups in total. The van der Waals surface area contributed by atoms with E-state index in [0.717, 1.165) is 0 Å². The Kier molecular flexibility index (Phi) is 49.6. The molecule has 0 atom stereocenters. The minimum Gasteiger partial charge on any atom is -1.00 e. The minimum atomic E-state index is 0. The predicted octanol–water partition coefficient (Wildman–Crippen LogP) is -8.22. The Labute approximate surface area is 182 Å². The van der Waals surface area contributed by atoms with E-state index in [2.05, 4.69) is 55.4 Å². The molecule has 0 aliphatic rings. The maximum Gasteiger partial charge on any atom is 2.00 e. The number of hydrogen-bond donors (Lipinski definition) is 0. The molecule has 0 aliphatic carbocycles. The molecule has 0 amide bonds. The summed E-state index contributed by atoms with van der Waals surface area (Å²) in [6, 6.07) is 0. The monoisotopic (exact) mass is 458 g/mol. The van der Waals surface area contributed by atoms with Crippen molar-refractivity contribution < 1.29 is 75.1 Å². The molecule has 0 saturated carbocycles. The van der Waals surface area contributed by atoms with Gasteiger partial charge < -0.3 is 58.6 Å². The SMILES string of the molecule is CC[N+](CC)(CC)CC.CC[N+](CC)(CC)CC.[Cl-].[Cl-].[Cl-].[Cl-].[Ni+2]. The third-order valence-corrected chi connectivity index (χ3v) is 5.37. The Hall–Kier alpha value is 1.57. The minimum absolute atomic E-state index is 0. The fourth-order valence-corrected chi connectivity index (χ4v) is 2.68. The first-order valence-corrected chi connectivity index (χ1v) is 8.19. The average Bonchev–Trinajstić information content (AvgIpc) is 2.46. The summed E-state index contributed by atoms with van der Waals surface area (Å²) in [6.07, 6.45) is 0. The van der Waals surface area contributed by atoms with E-state index < -0.39 is 0 Å². The van der Waals surface area contributed by atoms with E-state index in [1.807, 2.05) is 0 Å². The quantitative estimate of drug-likeness (QED) is 0.249. The van der Waals surface area contributed by atoms with Crippen molar-refractivity contribution in [3.8, 4) is 0 Å². The van der Waals surface area contributed by atoms with Crippen LogP contribution in [0, 0.1) is 0 Å². The summed E-state index contributed by atoms with van der Waals surface area (Å²) in [5.41, 5.74) is 0. The van der Waals surface area contributed by atoms with Crippen LogP contribution in [0.1, 0.15) is 55.4 Å². The molecular weight excluding hydrogens is 421 g/mol. The molecule has 0 unspecified atom stereocenters. The van der Waals surface area contributed by atoms with Crippen LogP contribution >= 0.6 is 0 Å². The molecule has 0 heterocycles. The van der Waals surface area contributed by atoms with Crippen LogP contribution in [0.25, 0.3) is 0 Å². The van der Waals surface area contributed by atoms with Crippen molar-refractivity contribution >= 4 is 0 Å². The Morgan fingerprint density at radius 3 is 0.435 bits per heavy atom. The average molecular weight is 461 g/mol. The zero-order valence-electron chi connectivity index (χ0n) is 16.4. The normalized spacial score (nSPS) is 9.39. The Bertz CT molecular complexity index is 136. The Morgan fingerprint density at radius 2 is 0.435 bits per heavy atom. The summed E-state index contributed by atoms with van der Waals surface area (Å²) in [5, 5.41) is 0. The number of nitrogens with zero attached hydrogens (tertiary/aromatic N) is 2. The molecular formula is C16H40Cl4N2Ni. The molecule has 2 nitrogen and oxygen atoms in total. The van der Waals surface area contributed by atoms with Gasteiger partial charge in [-0.25, -0.2) is 0 Å². The van der Waals surface area contributed by atoms with Crippen LogP contribution < -0.4 is 49.6 Å². The molecule has 0 saturated heterocycles. The Morgan fingerprint density at radius 1 is 0.348 bits per heavy atom. The van der Waals surface area contributed by atoms with Crippen molar-refractivity contribution in [2.75, 3.05) is 52.4 Å². The first-order valence-electron chi connectivity index (χ1n) is 8.19. The molecule has 0 aromatic rings. The van der Waals surface area contributed by atoms with Gasteiger partial charge >= 0.3 is 16.5 Å². The van der Waals surface area contributed by atoms with Crippen molar-refractivity contribution in [3.05, 3.63) is 0 Å². The van der Waals surface area contributed by atoms with Crippen LogP contribution in [0.3, 0.4) is 0 Å². The summed E-state index contributed by atoms with van der Waals surface area (Å²) in [4.78, 5) is 0. The third kappa shape index (κ3) is 16.8. The van der Waals surface area contributed by atoms with Crippen molar-refractivity contribution in [2.45, 2.75) is 55.4 Å². The first-order chi connectivity index (χ1) is 8.49. The van der Waals surface area contributed by atoms with Crippen LogP contribution in [0.4, 0.5) is 0 Å². The fraction of sp³-hybridized carbons (Fsp3) is 1.00. The van der Waals surface area contributed by atoms with Crippen molar-refractivity contribution in [2.24, 2.45) is 0 Å². The van der Waals surface area contributed by atoms with Gasteiger partial charge in [-0.15, -0.1) is 0 Å². The Balaban J connectivity index is -0.0000000366. The molecule has 0 aromatic carbocycles. The van der Waals surface area contributed by atoms with Crippen LogP contribution in [-0.4, -0.2) is 61.3 Å². The van der Waals surface area contributed by atoms with Gasteiger partial charge in [0, 0.05) is 0 Å². The molecule has 152 valence electrons. The van der Waals surface area contributed by atoms with E-state index in [4.69, 9.17) is 0 Å². The van der Waals surface area contributed by atoms with Gasteiger partial charge in [0.05, 0.1) is 52.4 Å². The van der Waals surface area contributed by atoms with Crippen LogP contribution in [0.15, 0.2) is 0 Å². The summed E-state index contributed by atoms with van der Waals surface area (Å²) in [6.45, 7) is 28.4. The molecule has 0 bridgehead atoms. The molecule has 0 rings (SSSR count). The number of hydrogen-bond acceptors (Lipinski definition) is 0. The number of halogens is 4. The summed E-state index contributed by atoms with van der Waals surface area (Å²) in [7, 11) is 0. The second-order valence-corrected chi connectivity index (χ2v) is 5.21. The standard InChI is InChI=1S/2C8H20N.4ClH.Ni/c2*1-5-9(6-2,7-3)8-4;;;;;/h2*5-8H2,1-4H3;4*1H;/q2*+1;;;;;+2/p-4. The van der Waals surface area contributed by atoms with Crippen molar-refractivity contribution in [1.82, 2.24) is 0 Å². The van der Waals surface area contributed by atoms with Gasteiger partial charge in [-0.3, -0.25) is 0 Å². The molecule has 0 spiro atoms. The predicted molar refractivity (Wildman–Crippen MR) is 84.8 cm³/mol. The topological polar surface area (TPSA) is 0 Å². The maximum atomic E-state index is 2.27. The van der Waals surface area contributed by atoms with E-state index in [0.29, 0.717) is 0 Å². The summed E-state index contributed by atoms with van der Waals surface area (Å²) in [5.74, 6) is 0. The zero-order valence-corrected chi connectivity index (χ0v) is 20.4. The van der Waals surface area contributed by atoms with Gasteiger partial charge in [0.1, 0.15) is 0 Å². The van der Waals surface area contributed by atoms with Crippen LogP contribution in [0.2, 0.25) is 0 Å². The molecule has 0 aromatic heterocycles. The molecule has 23 heavy (non-hydrogen) atoms. The number of rotatable bonds is 8. The second-order valence-electron chi connectivity index (χ2n) is 5.21. The largest absolute Gasteiger partial charge is 2.00 e.